The SMILES string of the molecule is COCC(C)Cc1cc(=N)n(C=N)cc1F. The van der Waals surface area contributed by atoms with Gasteiger partial charge in [-0.25, -0.2) is 4.39 Å². The first-order chi connectivity index (χ1) is 7.58. The number of halogens is 1. The van der Waals surface area contributed by atoms with Crippen LogP contribution in [0.2, 0.25) is 0 Å². The molecular formula is C11H16FN3O. The molecule has 0 aliphatic rings. The molecule has 0 amide bonds. The molecule has 88 valence electrons. The number of methoxy groups -OCH3 is 1. The molecule has 2 N–H and O–H groups in total. The van der Waals surface area contributed by atoms with Crippen LogP contribution in [0.5, 0.6) is 0 Å². The molecule has 0 fully saturated rings. The first-order valence-corrected chi connectivity index (χ1v) is 5.03. The molecule has 1 unspecified atom stereocenters. The van der Waals surface area contributed by atoms with Crippen LogP contribution in [0.3, 0.4) is 0 Å². The zero-order chi connectivity index (χ0) is 12.1. The van der Waals surface area contributed by atoms with E-state index in [1.807, 2.05) is 6.92 Å². The minimum Gasteiger partial charge on any atom is -0.384 e. The monoisotopic (exact) mass is 225 g/mol. The smallest absolute Gasteiger partial charge is 0.143 e. The molecule has 0 saturated carbocycles. The van der Waals surface area contributed by atoms with Crippen LogP contribution in [-0.4, -0.2) is 24.6 Å². The predicted octanol–water partition coefficient (Wildman–Crippen LogP) is 1.39. The Balaban J connectivity index is 2.93. The van der Waals surface area contributed by atoms with Crippen LogP contribution >= 0.6 is 0 Å². The Labute approximate surface area is 93.7 Å². The maximum Gasteiger partial charge on any atom is 0.143 e. The van der Waals surface area contributed by atoms with Crippen LogP contribution in [0, 0.1) is 22.6 Å². The van der Waals surface area contributed by atoms with Crippen LogP contribution in [0.1, 0.15) is 12.5 Å². The van der Waals surface area contributed by atoms with Crippen molar-refractivity contribution in [3.8, 4) is 0 Å². The maximum atomic E-state index is 13.6. The average Bonchev–Trinajstić information content (AvgIpc) is 2.23. The molecule has 0 aliphatic carbocycles. The fraction of sp³-hybridized carbons (Fsp3) is 0.455. The molecule has 1 heterocycles. The van der Waals surface area contributed by atoms with Crippen molar-refractivity contribution in [3.05, 3.63) is 29.1 Å². The standard InChI is InChI=1S/C11H16FN3O/c1-8(6-16-2)3-9-4-11(14)15(7-13)5-10(9)12/h4-5,7-8,13-14H,3,6H2,1-2H3. The number of hydrogen-bond acceptors (Lipinski definition) is 3. The van der Waals surface area contributed by atoms with Crippen LogP contribution in [-0.2, 0) is 11.2 Å². The van der Waals surface area contributed by atoms with Crippen molar-refractivity contribution < 1.29 is 9.13 Å². The van der Waals surface area contributed by atoms with Gasteiger partial charge < -0.3 is 4.74 Å². The summed E-state index contributed by atoms with van der Waals surface area (Å²) in [5.74, 6) is -0.183. The molecule has 0 radical (unpaired) electrons. The molecule has 0 saturated heterocycles. The normalized spacial score (nSPS) is 12.4. The van der Waals surface area contributed by atoms with Gasteiger partial charge in [0.2, 0.25) is 0 Å². The quantitative estimate of drug-likeness (QED) is 0.577. The molecule has 1 rings (SSSR count). The van der Waals surface area contributed by atoms with Gasteiger partial charge in [-0.15, -0.1) is 0 Å². The van der Waals surface area contributed by atoms with Crippen molar-refractivity contribution in [1.29, 1.82) is 10.8 Å². The number of nitrogens with zero attached hydrogens (tertiary/aromatic N) is 1. The average molecular weight is 225 g/mol. The fourth-order valence-corrected chi connectivity index (χ4v) is 1.57. The second-order valence-electron chi connectivity index (χ2n) is 3.83. The second-order valence-corrected chi connectivity index (χ2v) is 3.83. The Morgan fingerprint density at radius 1 is 1.62 bits per heavy atom. The molecule has 5 heteroatoms. The molecule has 0 bridgehead atoms. The highest BCUT2D eigenvalue weighted by molar-refractivity contribution is 5.53. The summed E-state index contributed by atoms with van der Waals surface area (Å²) in [5, 5.41) is 14.6. The summed E-state index contributed by atoms with van der Waals surface area (Å²) in [6.45, 7) is 2.52. The van der Waals surface area contributed by atoms with Gasteiger partial charge >= 0.3 is 0 Å². The van der Waals surface area contributed by atoms with E-state index in [4.69, 9.17) is 15.6 Å². The zero-order valence-corrected chi connectivity index (χ0v) is 9.46. The Morgan fingerprint density at radius 2 is 2.31 bits per heavy atom. The van der Waals surface area contributed by atoms with E-state index in [0.29, 0.717) is 18.6 Å². The van der Waals surface area contributed by atoms with Crippen molar-refractivity contribution in [2.24, 2.45) is 5.92 Å². The number of ether oxygens (including phenoxy) is 1. The molecule has 0 spiro atoms. The Hall–Kier alpha value is -1.49. The molecule has 4 nitrogen and oxygen atoms in total. The van der Waals surface area contributed by atoms with Crippen molar-refractivity contribution >= 4 is 6.34 Å². The van der Waals surface area contributed by atoms with Gasteiger partial charge in [0.25, 0.3) is 0 Å². The lowest BCUT2D eigenvalue weighted by atomic mass is 10.0. The van der Waals surface area contributed by atoms with Gasteiger partial charge in [-0.1, -0.05) is 6.92 Å². The van der Waals surface area contributed by atoms with Crippen LogP contribution < -0.4 is 5.49 Å². The maximum absolute atomic E-state index is 13.6. The summed E-state index contributed by atoms with van der Waals surface area (Å²) in [6, 6.07) is 1.45. The predicted molar refractivity (Wildman–Crippen MR) is 59.2 cm³/mol. The van der Waals surface area contributed by atoms with Gasteiger partial charge in [-0.2, -0.15) is 0 Å². The van der Waals surface area contributed by atoms with Crippen LogP contribution in [0.25, 0.3) is 0 Å². The molecular weight excluding hydrogens is 209 g/mol. The molecule has 0 aliphatic heterocycles. The first kappa shape index (κ1) is 12.6. The minimum atomic E-state index is -0.387. The zero-order valence-electron chi connectivity index (χ0n) is 9.46. The summed E-state index contributed by atoms with van der Waals surface area (Å²) in [6.07, 6.45) is 2.60. The van der Waals surface area contributed by atoms with E-state index in [1.165, 1.54) is 6.07 Å². The highest BCUT2D eigenvalue weighted by Gasteiger charge is 2.09. The van der Waals surface area contributed by atoms with Gasteiger partial charge in [-0.05, 0) is 24.0 Å². The second kappa shape index (κ2) is 5.55. The van der Waals surface area contributed by atoms with E-state index < -0.39 is 0 Å². The highest BCUT2D eigenvalue weighted by Crippen LogP contribution is 2.10. The van der Waals surface area contributed by atoms with E-state index in [9.17, 15) is 4.39 Å². The van der Waals surface area contributed by atoms with Gasteiger partial charge in [0.1, 0.15) is 11.3 Å². The summed E-state index contributed by atoms with van der Waals surface area (Å²) < 4.78 is 19.7. The number of pyridine rings is 1. The van der Waals surface area contributed by atoms with Crippen LogP contribution in [0.4, 0.5) is 4.39 Å². The van der Waals surface area contributed by atoms with Gasteiger partial charge in [0.15, 0.2) is 0 Å². The van der Waals surface area contributed by atoms with Crippen molar-refractivity contribution in [2.75, 3.05) is 13.7 Å². The third kappa shape index (κ3) is 3.00. The summed E-state index contributed by atoms with van der Waals surface area (Å²) in [4.78, 5) is 0. The van der Waals surface area contributed by atoms with E-state index in [2.05, 4.69) is 0 Å². The number of hydrogen-bond donors (Lipinski definition) is 2. The van der Waals surface area contributed by atoms with Gasteiger partial charge in [0, 0.05) is 19.9 Å². The Kier molecular flexibility index (Phi) is 4.37. The van der Waals surface area contributed by atoms with Crippen molar-refractivity contribution in [3.63, 3.8) is 0 Å². The molecule has 1 atom stereocenters. The van der Waals surface area contributed by atoms with Crippen molar-refractivity contribution in [1.82, 2.24) is 4.57 Å². The van der Waals surface area contributed by atoms with E-state index in [1.54, 1.807) is 7.11 Å². The number of aromatic nitrogens is 1. The fourth-order valence-electron chi connectivity index (χ4n) is 1.57. The Morgan fingerprint density at radius 3 is 2.88 bits per heavy atom. The van der Waals surface area contributed by atoms with E-state index in [0.717, 1.165) is 17.1 Å². The largest absolute Gasteiger partial charge is 0.384 e. The molecule has 1 aromatic heterocycles. The highest BCUT2D eigenvalue weighted by atomic mass is 19.1. The van der Waals surface area contributed by atoms with Crippen LogP contribution in [0.15, 0.2) is 12.3 Å². The lowest BCUT2D eigenvalue weighted by Crippen LogP contribution is -2.21. The summed E-state index contributed by atoms with van der Waals surface area (Å²) in [5.41, 5.74) is 0.601. The molecule has 16 heavy (non-hydrogen) atoms. The molecule has 1 aromatic rings. The Bertz CT molecular complexity index is 428. The topological polar surface area (TPSA) is 61.9 Å². The van der Waals surface area contributed by atoms with E-state index >= 15 is 0 Å². The van der Waals surface area contributed by atoms with Gasteiger partial charge in [-0.3, -0.25) is 15.4 Å². The number of rotatable bonds is 5. The third-order valence-corrected chi connectivity index (χ3v) is 2.31. The minimum absolute atomic E-state index is 0.107. The first-order valence-electron chi connectivity index (χ1n) is 5.03. The summed E-state index contributed by atoms with van der Waals surface area (Å²) in [7, 11) is 1.61. The van der Waals surface area contributed by atoms with E-state index in [-0.39, 0.29) is 17.2 Å². The lowest BCUT2D eigenvalue weighted by molar-refractivity contribution is 0.159. The van der Waals surface area contributed by atoms with Gasteiger partial charge in [0.05, 0.1) is 6.34 Å². The van der Waals surface area contributed by atoms with Crippen molar-refractivity contribution in [2.45, 2.75) is 13.3 Å². The lowest BCUT2D eigenvalue weighted by Gasteiger charge is -2.11. The summed E-state index contributed by atoms with van der Waals surface area (Å²) >= 11 is 0. The molecule has 0 aromatic carbocycles. The number of nitrogens with one attached hydrogen (secondary N) is 2. The third-order valence-electron chi connectivity index (χ3n) is 2.31.